The SMILES string of the molecule is C/C(=N/NS(C)(=O)=O)c1cnc2nnn(Cc3ccc4ncccc4c3)c2n1. The van der Waals surface area contributed by atoms with E-state index < -0.39 is 10.0 Å². The molecule has 142 valence electrons. The highest BCUT2D eigenvalue weighted by Crippen LogP contribution is 2.15. The minimum Gasteiger partial charge on any atom is -0.256 e. The van der Waals surface area contributed by atoms with Crippen LogP contribution in [0.4, 0.5) is 0 Å². The van der Waals surface area contributed by atoms with Gasteiger partial charge in [0.15, 0.2) is 5.65 Å². The van der Waals surface area contributed by atoms with Crippen LogP contribution in [0, 0.1) is 0 Å². The van der Waals surface area contributed by atoms with Crippen LogP contribution in [0.15, 0.2) is 47.8 Å². The first-order valence-electron chi connectivity index (χ1n) is 8.30. The number of nitrogens with one attached hydrogen (secondary N) is 1. The molecule has 3 heterocycles. The Hall–Kier alpha value is -3.47. The highest BCUT2D eigenvalue weighted by molar-refractivity contribution is 7.88. The Morgan fingerprint density at radius 1 is 1.25 bits per heavy atom. The zero-order chi connectivity index (χ0) is 19.7. The number of nitrogens with zero attached hydrogens (tertiary/aromatic N) is 7. The number of rotatable bonds is 5. The molecule has 28 heavy (non-hydrogen) atoms. The van der Waals surface area contributed by atoms with Crippen molar-refractivity contribution in [3.8, 4) is 0 Å². The fourth-order valence-corrected chi connectivity index (χ4v) is 2.94. The number of fused-ring (bicyclic) bond motifs is 2. The van der Waals surface area contributed by atoms with Crippen LogP contribution >= 0.6 is 0 Å². The molecule has 0 amide bonds. The minimum absolute atomic E-state index is 0.379. The Bertz CT molecular complexity index is 1310. The monoisotopic (exact) mass is 396 g/mol. The van der Waals surface area contributed by atoms with E-state index in [9.17, 15) is 8.42 Å². The summed E-state index contributed by atoms with van der Waals surface area (Å²) in [5.74, 6) is 0. The Morgan fingerprint density at radius 3 is 2.93 bits per heavy atom. The lowest BCUT2D eigenvalue weighted by Crippen LogP contribution is -2.18. The summed E-state index contributed by atoms with van der Waals surface area (Å²) in [6, 6.07) is 9.85. The van der Waals surface area contributed by atoms with Gasteiger partial charge in [-0.15, -0.1) is 5.10 Å². The molecule has 0 atom stereocenters. The zero-order valence-electron chi connectivity index (χ0n) is 15.1. The van der Waals surface area contributed by atoms with Crippen LogP contribution in [-0.2, 0) is 16.6 Å². The first-order chi connectivity index (χ1) is 13.4. The van der Waals surface area contributed by atoms with Gasteiger partial charge in [-0.2, -0.15) is 5.10 Å². The van der Waals surface area contributed by atoms with E-state index in [0.717, 1.165) is 22.7 Å². The molecule has 10 nitrogen and oxygen atoms in total. The second-order valence-corrected chi connectivity index (χ2v) is 7.97. The summed E-state index contributed by atoms with van der Waals surface area (Å²) in [5.41, 5.74) is 3.62. The lowest BCUT2D eigenvalue weighted by Gasteiger charge is -2.05. The molecule has 0 bridgehead atoms. The molecular formula is C17H16N8O2S. The molecular weight excluding hydrogens is 380 g/mol. The lowest BCUT2D eigenvalue weighted by molar-refractivity contribution is 0.590. The van der Waals surface area contributed by atoms with Crippen molar-refractivity contribution in [3.63, 3.8) is 0 Å². The average molecular weight is 396 g/mol. The molecule has 0 radical (unpaired) electrons. The van der Waals surface area contributed by atoms with E-state index in [1.165, 1.54) is 6.20 Å². The van der Waals surface area contributed by atoms with Crippen LogP contribution in [-0.4, -0.2) is 50.3 Å². The van der Waals surface area contributed by atoms with Crippen LogP contribution in [0.3, 0.4) is 0 Å². The maximum atomic E-state index is 11.2. The van der Waals surface area contributed by atoms with E-state index in [2.05, 4.69) is 35.2 Å². The van der Waals surface area contributed by atoms with Gasteiger partial charge in [-0.3, -0.25) is 4.98 Å². The molecule has 0 aliphatic carbocycles. The lowest BCUT2D eigenvalue weighted by atomic mass is 10.1. The third-order valence-corrected chi connectivity index (χ3v) is 4.40. The van der Waals surface area contributed by atoms with Crippen LogP contribution in [0.25, 0.3) is 22.2 Å². The highest BCUT2D eigenvalue weighted by atomic mass is 32.2. The van der Waals surface area contributed by atoms with Crippen molar-refractivity contribution < 1.29 is 8.42 Å². The smallest absolute Gasteiger partial charge is 0.244 e. The van der Waals surface area contributed by atoms with Crippen molar-refractivity contribution in [2.45, 2.75) is 13.5 Å². The van der Waals surface area contributed by atoms with Gasteiger partial charge >= 0.3 is 0 Å². The fraction of sp³-hybridized carbons (Fsp3) is 0.176. The quantitative estimate of drug-likeness (QED) is 0.395. The Labute approximate surface area is 160 Å². The summed E-state index contributed by atoms with van der Waals surface area (Å²) in [5, 5.41) is 13.0. The Morgan fingerprint density at radius 2 is 2.11 bits per heavy atom. The fourth-order valence-electron chi connectivity index (χ4n) is 2.64. The third kappa shape index (κ3) is 3.78. The normalized spacial score (nSPS) is 12.6. The Kier molecular flexibility index (Phi) is 4.43. The molecule has 0 aliphatic rings. The van der Waals surface area contributed by atoms with Crippen LogP contribution < -0.4 is 4.83 Å². The number of hydrogen-bond donors (Lipinski definition) is 1. The standard InChI is InChI=1S/C17H16N8O2S/c1-11(21-24-28(2,26)27)15-9-19-16-17(20-15)25(23-22-16)10-12-5-6-14-13(8-12)4-3-7-18-14/h3-9,24H,10H2,1-2H3/b21-11-. The molecule has 11 heteroatoms. The van der Waals surface area contributed by atoms with Crippen molar-refractivity contribution in [1.29, 1.82) is 0 Å². The van der Waals surface area contributed by atoms with Crippen molar-refractivity contribution in [2.24, 2.45) is 5.10 Å². The van der Waals surface area contributed by atoms with E-state index in [-0.39, 0.29) is 0 Å². The highest BCUT2D eigenvalue weighted by Gasteiger charge is 2.11. The third-order valence-electron chi connectivity index (χ3n) is 3.98. The van der Waals surface area contributed by atoms with Gasteiger partial charge in [-0.05, 0) is 30.7 Å². The second kappa shape index (κ2) is 6.93. The van der Waals surface area contributed by atoms with Crippen molar-refractivity contribution >= 4 is 37.9 Å². The molecule has 0 aliphatic heterocycles. The molecule has 4 aromatic rings. The van der Waals surface area contributed by atoms with E-state index in [1.807, 2.05) is 30.3 Å². The topological polar surface area (TPSA) is 128 Å². The van der Waals surface area contributed by atoms with Gasteiger partial charge in [0.25, 0.3) is 0 Å². The van der Waals surface area contributed by atoms with Gasteiger partial charge in [0, 0.05) is 11.6 Å². The maximum absolute atomic E-state index is 11.2. The molecule has 0 unspecified atom stereocenters. The van der Waals surface area contributed by atoms with Crippen LogP contribution in [0.1, 0.15) is 18.2 Å². The van der Waals surface area contributed by atoms with Gasteiger partial charge in [-0.25, -0.2) is 27.9 Å². The summed E-state index contributed by atoms with van der Waals surface area (Å²) in [7, 11) is -3.45. The number of hydrogen-bond acceptors (Lipinski definition) is 8. The molecule has 0 saturated heterocycles. The number of hydrazone groups is 1. The van der Waals surface area contributed by atoms with Gasteiger partial charge in [0.1, 0.15) is 5.69 Å². The number of benzene rings is 1. The first-order valence-corrected chi connectivity index (χ1v) is 10.2. The molecule has 0 saturated carbocycles. The summed E-state index contributed by atoms with van der Waals surface area (Å²) in [4.78, 5) is 15.1. The van der Waals surface area contributed by atoms with Crippen molar-refractivity contribution in [2.75, 3.05) is 6.26 Å². The van der Waals surface area contributed by atoms with Gasteiger partial charge in [-0.1, -0.05) is 17.3 Å². The number of aromatic nitrogens is 6. The van der Waals surface area contributed by atoms with E-state index in [4.69, 9.17) is 0 Å². The summed E-state index contributed by atoms with van der Waals surface area (Å²) in [6.45, 7) is 2.09. The van der Waals surface area contributed by atoms with Crippen molar-refractivity contribution in [1.82, 2.24) is 34.8 Å². The molecule has 1 N–H and O–H groups in total. The molecule has 4 rings (SSSR count). The van der Waals surface area contributed by atoms with Gasteiger partial charge in [0.05, 0.1) is 30.2 Å². The number of sulfonamides is 1. The molecule has 1 aromatic carbocycles. The van der Waals surface area contributed by atoms with Crippen molar-refractivity contribution in [3.05, 3.63) is 54.0 Å². The predicted molar refractivity (Wildman–Crippen MR) is 104 cm³/mol. The molecule has 3 aromatic heterocycles. The largest absolute Gasteiger partial charge is 0.256 e. The van der Waals surface area contributed by atoms with E-state index in [1.54, 1.807) is 17.8 Å². The predicted octanol–water partition coefficient (Wildman–Crippen LogP) is 1.09. The molecule has 0 spiro atoms. The summed E-state index contributed by atoms with van der Waals surface area (Å²) < 4.78 is 24.1. The maximum Gasteiger partial charge on any atom is 0.244 e. The van der Waals surface area contributed by atoms with Gasteiger partial charge < -0.3 is 0 Å². The van der Waals surface area contributed by atoms with Crippen LogP contribution in [0.2, 0.25) is 0 Å². The number of pyridine rings is 1. The molecule has 0 fully saturated rings. The first kappa shape index (κ1) is 17.9. The average Bonchev–Trinajstić information content (AvgIpc) is 3.07. The summed E-state index contributed by atoms with van der Waals surface area (Å²) in [6.07, 6.45) is 4.26. The van der Waals surface area contributed by atoms with E-state index in [0.29, 0.717) is 29.2 Å². The Balaban J connectivity index is 1.67. The zero-order valence-corrected chi connectivity index (χ0v) is 15.9. The summed E-state index contributed by atoms with van der Waals surface area (Å²) >= 11 is 0. The van der Waals surface area contributed by atoms with Crippen LogP contribution in [0.5, 0.6) is 0 Å². The van der Waals surface area contributed by atoms with E-state index >= 15 is 0 Å². The minimum atomic E-state index is -3.45. The van der Waals surface area contributed by atoms with Gasteiger partial charge in [0.2, 0.25) is 15.7 Å². The second-order valence-electron chi connectivity index (χ2n) is 6.24.